The SMILES string of the molecule is CC(C#N)NC(=O)c1ccc(OC(F)(F)F)cc1. The van der Waals surface area contributed by atoms with Crippen molar-refractivity contribution in [1.29, 1.82) is 5.26 Å². The van der Waals surface area contributed by atoms with E-state index in [1.54, 1.807) is 6.07 Å². The lowest BCUT2D eigenvalue weighted by Gasteiger charge is -2.10. The molecule has 1 rings (SSSR count). The first-order valence-electron chi connectivity index (χ1n) is 4.88. The standard InChI is InChI=1S/C11H9F3N2O2/c1-7(6-15)16-10(17)8-2-4-9(5-3-8)18-11(12,13)14/h2-5,7H,1H3,(H,16,17). The minimum absolute atomic E-state index is 0.145. The number of carbonyl (C=O) groups is 1. The van der Waals surface area contributed by atoms with E-state index in [-0.39, 0.29) is 5.56 Å². The van der Waals surface area contributed by atoms with Crippen LogP contribution in [0.2, 0.25) is 0 Å². The summed E-state index contributed by atoms with van der Waals surface area (Å²) in [5, 5.41) is 10.8. The van der Waals surface area contributed by atoms with Gasteiger partial charge in [-0.25, -0.2) is 0 Å². The smallest absolute Gasteiger partial charge is 0.406 e. The van der Waals surface area contributed by atoms with Gasteiger partial charge in [-0.05, 0) is 31.2 Å². The molecule has 18 heavy (non-hydrogen) atoms. The Morgan fingerprint density at radius 1 is 1.39 bits per heavy atom. The summed E-state index contributed by atoms with van der Waals surface area (Å²) in [5.41, 5.74) is 0.145. The van der Waals surface area contributed by atoms with Gasteiger partial charge in [0.25, 0.3) is 5.91 Å². The van der Waals surface area contributed by atoms with E-state index in [2.05, 4.69) is 10.1 Å². The maximum atomic E-state index is 11.9. The minimum atomic E-state index is -4.76. The molecular formula is C11H9F3N2O2. The van der Waals surface area contributed by atoms with Gasteiger partial charge < -0.3 is 10.1 Å². The normalized spacial score (nSPS) is 12.4. The van der Waals surface area contributed by atoms with Crippen LogP contribution in [0, 0.1) is 11.3 Å². The predicted octanol–water partition coefficient (Wildman–Crippen LogP) is 2.23. The van der Waals surface area contributed by atoms with E-state index in [1.807, 2.05) is 0 Å². The van der Waals surface area contributed by atoms with Crippen molar-refractivity contribution in [2.75, 3.05) is 0 Å². The van der Waals surface area contributed by atoms with Crippen molar-refractivity contribution in [2.45, 2.75) is 19.3 Å². The number of nitrogens with zero attached hydrogens (tertiary/aromatic N) is 1. The summed E-state index contributed by atoms with van der Waals surface area (Å²) in [6, 6.07) is 5.54. The molecule has 0 aliphatic heterocycles. The fraction of sp³-hybridized carbons (Fsp3) is 0.273. The quantitative estimate of drug-likeness (QED) is 0.904. The lowest BCUT2D eigenvalue weighted by atomic mass is 10.2. The van der Waals surface area contributed by atoms with Gasteiger partial charge in [-0.3, -0.25) is 4.79 Å². The largest absolute Gasteiger partial charge is 0.573 e. The lowest BCUT2D eigenvalue weighted by molar-refractivity contribution is -0.274. The highest BCUT2D eigenvalue weighted by atomic mass is 19.4. The number of alkyl halides is 3. The molecule has 1 aromatic carbocycles. The van der Waals surface area contributed by atoms with Crippen LogP contribution in [-0.4, -0.2) is 18.3 Å². The van der Waals surface area contributed by atoms with Crippen LogP contribution in [0.4, 0.5) is 13.2 Å². The molecule has 0 fully saturated rings. The summed E-state index contributed by atoms with van der Waals surface area (Å²) in [5.74, 6) is -0.949. The maximum absolute atomic E-state index is 11.9. The first-order chi connectivity index (χ1) is 8.31. The van der Waals surface area contributed by atoms with Gasteiger partial charge in [0, 0.05) is 5.56 Å². The van der Waals surface area contributed by atoms with Crippen LogP contribution in [0.25, 0.3) is 0 Å². The van der Waals surface area contributed by atoms with Crippen molar-refractivity contribution in [3.63, 3.8) is 0 Å². The zero-order valence-corrected chi connectivity index (χ0v) is 9.28. The first kappa shape index (κ1) is 13.8. The molecule has 1 amide bonds. The molecule has 1 unspecified atom stereocenters. The second-order valence-electron chi connectivity index (χ2n) is 3.40. The fourth-order valence-electron chi connectivity index (χ4n) is 1.12. The molecule has 0 aliphatic carbocycles. The number of ether oxygens (including phenoxy) is 1. The Bertz CT molecular complexity index is 463. The van der Waals surface area contributed by atoms with Crippen LogP contribution in [0.5, 0.6) is 5.75 Å². The average molecular weight is 258 g/mol. The molecule has 0 saturated heterocycles. The van der Waals surface area contributed by atoms with E-state index < -0.39 is 24.1 Å². The molecule has 7 heteroatoms. The summed E-state index contributed by atoms with van der Waals surface area (Å²) in [7, 11) is 0. The molecule has 0 aromatic heterocycles. The highest BCUT2D eigenvalue weighted by Gasteiger charge is 2.31. The number of amides is 1. The van der Waals surface area contributed by atoms with E-state index in [1.165, 1.54) is 19.1 Å². The molecule has 0 bridgehead atoms. The highest BCUT2D eigenvalue weighted by molar-refractivity contribution is 5.94. The van der Waals surface area contributed by atoms with Gasteiger partial charge in [0.05, 0.1) is 6.07 Å². The third-order valence-electron chi connectivity index (χ3n) is 1.89. The third kappa shape index (κ3) is 4.33. The molecule has 0 saturated carbocycles. The number of hydrogen-bond donors (Lipinski definition) is 1. The van der Waals surface area contributed by atoms with E-state index in [4.69, 9.17) is 5.26 Å². The zero-order chi connectivity index (χ0) is 13.8. The summed E-state index contributed by atoms with van der Waals surface area (Å²) in [6.45, 7) is 1.49. The Hall–Kier alpha value is -2.23. The van der Waals surface area contributed by atoms with Crippen LogP contribution in [0.1, 0.15) is 17.3 Å². The number of nitrogens with one attached hydrogen (secondary N) is 1. The van der Waals surface area contributed by atoms with E-state index in [9.17, 15) is 18.0 Å². The maximum Gasteiger partial charge on any atom is 0.573 e. The molecule has 96 valence electrons. The van der Waals surface area contributed by atoms with Crippen molar-refractivity contribution in [1.82, 2.24) is 5.32 Å². The van der Waals surface area contributed by atoms with Crippen LogP contribution in [0.15, 0.2) is 24.3 Å². The average Bonchev–Trinajstić information content (AvgIpc) is 2.27. The molecule has 1 N–H and O–H groups in total. The predicted molar refractivity (Wildman–Crippen MR) is 55.7 cm³/mol. The first-order valence-corrected chi connectivity index (χ1v) is 4.88. The van der Waals surface area contributed by atoms with Crippen molar-refractivity contribution in [3.05, 3.63) is 29.8 Å². The molecule has 1 aromatic rings. The Kier molecular flexibility index (Phi) is 4.15. The second-order valence-corrected chi connectivity index (χ2v) is 3.40. The molecular weight excluding hydrogens is 249 g/mol. The van der Waals surface area contributed by atoms with Gasteiger partial charge in [-0.15, -0.1) is 13.2 Å². The summed E-state index contributed by atoms with van der Waals surface area (Å²) in [4.78, 5) is 11.5. The Morgan fingerprint density at radius 3 is 2.39 bits per heavy atom. The van der Waals surface area contributed by atoms with Gasteiger partial charge in [0.15, 0.2) is 0 Å². The van der Waals surface area contributed by atoms with Gasteiger partial charge in [0.1, 0.15) is 11.8 Å². The topological polar surface area (TPSA) is 62.1 Å². The van der Waals surface area contributed by atoms with Crippen LogP contribution in [0.3, 0.4) is 0 Å². The number of hydrogen-bond acceptors (Lipinski definition) is 3. The number of rotatable bonds is 3. The minimum Gasteiger partial charge on any atom is -0.406 e. The van der Waals surface area contributed by atoms with E-state index >= 15 is 0 Å². The monoisotopic (exact) mass is 258 g/mol. The van der Waals surface area contributed by atoms with Crippen molar-refractivity contribution < 1.29 is 22.7 Å². The molecule has 1 atom stereocenters. The summed E-state index contributed by atoms with van der Waals surface area (Å²) in [6.07, 6.45) is -4.76. The van der Waals surface area contributed by atoms with E-state index in [0.717, 1.165) is 12.1 Å². The van der Waals surface area contributed by atoms with Crippen LogP contribution < -0.4 is 10.1 Å². The number of benzene rings is 1. The van der Waals surface area contributed by atoms with E-state index in [0.29, 0.717) is 0 Å². The molecule has 0 heterocycles. The fourth-order valence-corrected chi connectivity index (χ4v) is 1.12. The van der Waals surface area contributed by atoms with Crippen molar-refractivity contribution >= 4 is 5.91 Å². The molecule has 4 nitrogen and oxygen atoms in total. The van der Waals surface area contributed by atoms with Crippen LogP contribution in [-0.2, 0) is 0 Å². The highest BCUT2D eigenvalue weighted by Crippen LogP contribution is 2.22. The van der Waals surface area contributed by atoms with Gasteiger partial charge >= 0.3 is 6.36 Å². The van der Waals surface area contributed by atoms with Crippen LogP contribution >= 0.6 is 0 Å². The van der Waals surface area contributed by atoms with Gasteiger partial charge in [-0.2, -0.15) is 5.26 Å². The van der Waals surface area contributed by atoms with Crippen molar-refractivity contribution in [3.8, 4) is 11.8 Å². The van der Waals surface area contributed by atoms with Gasteiger partial charge in [0.2, 0.25) is 0 Å². The Morgan fingerprint density at radius 2 is 1.94 bits per heavy atom. The van der Waals surface area contributed by atoms with Gasteiger partial charge in [-0.1, -0.05) is 0 Å². The number of halogens is 3. The van der Waals surface area contributed by atoms with Crippen molar-refractivity contribution in [2.24, 2.45) is 0 Å². The summed E-state index contributed by atoms with van der Waals surface area (Å²) >= 11 is 0. The second kappa shape index (κ2) is 5.40. The Balaban J connectivity index is 2.71. The molecule has 0 spiro atoms. The summed E-state index contributed by atoms with van der Waals surface area (Å²) < 4.78 is 39.3. The number of nitriles is 1. The Labute approximate surface area is 101 Å². The lowest BCUT2D eigenvalue weighted by Crippen LogP contribution is -2.31. The molecule has 0 radical (unpaired) electrons. The zero-order valence-electron chi connectivity index (χ0n) is 9.28. The molecule has 0 aliphatic rings. The number of carbonyl (C=O) groups excluding carboxylic acids is 1. The third-order valence-corrected chi connectivity index (χ3v) is 1.89.